The number of ether oxygens (including phenoxy) is 4. The molecule has 0 bridgehead atoms. The molecule has 0 aromatic heterocycles. The fourth-order valence-electron chi connectivity index (χ4n) is 3.64. The van der Waals surface area contributed by atoms with Crippen LogP contribution < -0.4 is 24.3 Å². The third kappa shape index (κ3) is 5.30. The minimum absolute atomic E-state index is 0.124. The van der Waals surface area contributed by atoms with Gasteiger partial charge in [0.1, 0.15) is 11.5 Å². The number of hydrogen-bond acceptors (Lipinski definition) is 7. The molecule has 0 spiro atoms. The van der Waals surface area contributed by atoms with E-state index in [4.69, 9.17) is 18.9 Å². The van der Waals surface area contributed by atoms with Gasteiger partial charge in [-0.1, -0.05) is 36.4 Å². The number of fused-ring (bicyclic) bond motifs is 1. The van der Waals surface area contributed by atoms with Gasteiger partial charge in [-0.3, -0.25) is 9.59 Å². The lowest BCUT2D eigenvalue weighted by Gasteiger charge is -2.15. The molecular weight excluding hydrogens is 466 g/mol. The predicted molar refractivity (Wildman–Crippen MR) is 129 cm³/mol. The summed E-state index contributed by atoms with van der Waals surface area (Å²) >= 11 is 0. The van der Waals surface area contributed by atoms with E-state index < -0.39 is 24.5 Å². The standard InChI is InChI=1S/C27H23NO8/c1-33-20-11-8-16(12-22(20)34-2)13-23-26(30)19-10-9-18(14-21(19)36-23)35-15-24(29)28-25(27(31)32)17-6-4-3-5-7-17/h3-14,25H,15H2,1-2H3,(H,28,29)(H,31,32). The molecule has 36 heavy (non-hydrogen) atoms. The fourth-order valence-corrected chi connectivity index (χ4v) is 3.64. The molecule has 184 valence electrons. The van der Waals surface area contributed by atoms with Gasteiger partial charge in [-0.05, 0) is 41.5 Å². The van der Waals surface area contributed by atoms with Crippen LogP contribution in [0.5, 0.6) is 23.0 Å². The summed E-state index contributed by atoms with van der Waals surface area (Å²) in [5.41, 5.74) is 1.48. The number of allylic oxidation sites excluding steroid dienone is 1. The highest BCUT2D eigenvalue weighted by Crippen LogP contribution is 2.36. The first-order valence-corrected chi connectivity index (χ1v) is 10.9. The molecule has 1 aliphatic heterocycles. The summed E-state index contributed by atoms with van der Waals surface area (Å²) in [6.45, 7) is -0.419. The molecule has 1 amide bonds. The van der Waals surface area contributed by atoms with E-state index in [0.717, 1.165) is 0 Å². The van der Waals surface area contributed by atoms with Gasteiger partial charge in [0.2, 0.25) is 5.78 Å². The van der Waals surface area contributed by atoms with Crippen molar-refractivity contribution >= 4 is 23.7 Å². The van der Waals surface area contributed by atoms with Crippen LogP contribution >= 0.6 is 0 Å². The monoisotopic (exact) mass is 489 g/mol. The summed E-state index contributed by atoms with van der Waals surface area (Å²) in [6, 6.07) is 17.0. The highest BCUT2D eigenvalue weighted by Gasteiger charge is 2.28. The average molecular weight is 489 g/mol. The quantitative estimate of drug-likeness (QED) is 0.437. The third-order valence-electron chi connectivity index (χ3n) is 5.40. The Balaban J connectivity index is 1.42. The summed E-state index contributed by atoms with van der Waals surface area (Å²) in [5.74, 6) is -0.318. The van der Waals surface area contributed by atoms with E-state index in [-0.39, 0.29) is 23.0 Å². The van der Waals surface area contributed by atoms with Crippen LogP contribution in [-0.2, 0) is 9.59 Å². The second kappa shape index (κ2) is 10.6. The smallest absolute Gasteiger partial charge is 0.330 e. The molecule has 4 rings (SSSR count). The number of ketones is 1. The van der Waals surface area contributed by atoms with Crippen LogP contribution in [-0.4, -0.2) is 43.6 Å². The van der Waals surface area contributed by atoms with Gasteiger partial charge < -0.3 is 29.4 Å². The van der Waals surface area contributed by atoms with Crippen LogP contribution in [0, 0.1) is 0 Å². The Hall–Kier alpha value is -4.79. The lowest BCUT2D eigenvalue weighted by molar-refractivity contribution is -0.142. The number of hydrogen-bond donors (Lipinski definition) is 2. The Morgan fingerprint density at radius 3 is 2.44 bits per heavy atom. The number of rotatable bonds is 9. The topological polar surface area (TPSA) is 120 Å². The number of carboxylic acid groups (broad SMARTS) is 1. The van der Waals surface area contributed by atoms with Crippen molar-refractivity contribution in [2.24, 2.45) is 0 Å². The molecule has 1 aliphatic rings. The van der Waals surface area contributed by atoms with Crippen molar-refractivity contribution in [2.75, 3.05) is 20.8 Å². The van der Waals surface area contributed by atoms with E-state index >= 15 is 0 Å². The van der Waals surface area contributed by atoms with Crippen molar-refractivity contribution in [2.45, 2.75) is 6.04 Å². The van der Waals surface area contributed by atoms with Crippen molar-refractivity contribution in [1.29, 1.82) is 0 Å². The molecule has 9 heteroatoms. The average Bonchev–Trinajstić information content (AvgIpc) is 3.20. The zero-order valence-corrected chi connectivity index (χ0v) is 19.5. The first-order chi connectivity index (χ1) is 17.4. The molecule has 0 radical (unpaired) electrons. The number of nitrogens with one attached hydrogen (secondary N) is 1. The highest BCUT2D eigenvalue weighted by molar-refractivity contribution is 6.14. The SMILES string of the molecule is COc1ccc(C=C2Oc3cc(OCC(=O)NC(C(=O)O)c4ccccc4)ccc3C2=O)cc1OC. The summed E-state index contributed by atoms with van der Waals surface area (Å²) in [5, 5.41) is 11.9. The molecule has 0 fully saturated rings. The number of benzene rings is 3. The van der Waals surface area contributed by atoms with Gasteiger partial charge in [-0.15, -0.1) is 0 Å². The van der Waals surface area contributed by atoms with E-state index in [9.17, 15) is 19.5 Å². The number of aliphatic carboxylic acids is 1. The van der Waals surface area contributed by atoms with E-state index in [2.05, 4.69) is 5.32 Å². The van der Waals surface area contributed by atoms with Crippen LogP contribution in [0.25, 0.3) is 6.08 Å². The number of amides is 1. The zero-order chi connectivity index (χ0) is 25.7. The van der Waals surface area contributed by atoms with E-state index in [1.54, 1.807) is 66.7 Å². The van der Waals surface area contributed by atoms with Gasteiger partial charge in [0.05, 0.1) is 19.8 Å². The van der Waals surface area contributed by atoms with Crippen LogP contribution in [0.15, 0.2) is 72.5 Å². The lowest BCUT2D eigenvalue weighted by Crippen LogP contribution is -2.36. The maximum Gasteiger partial charge on any atom is 0.330 e. The molecule has 1 atom stereocenters. The van der Waals surface area contributed by atoms with Gasteiger partial charge in [0, 0.05) is 6.07 Å². The van der Waals surface area contributed by atoms with Crippen molar-refractivity contribution < 1.29 is 38.4 Å². The second-order valence-corrected chi connectivity index (χ2v) is 7.75. The van der Waals surface area contributed by atoms with Gasteiger partial charge in [-0.25, -0.2) is 4.79 Å². The largest absolute Gasteiger partial charge is 0.493 e. The summed E-state index contributed by atoms with van der Waals surface area (Å²) in [6.07, 6.45) is 1.59. The molecule has 0 saturated carbocycles. The van der Waals surface area contributed by atoms with Crippen molar-refractivity contribution in [3.63, 3.8) is 0 Å². The minimum atomic E-state index is -1.20. The maximum atomic E-state index is 12.8. The van der Waals surface area contributed by atoms with Crippen LogP contribution in [0.3, 0.4) is 0 Å². The summed E-state index contributed by atoms with van der Waals surface area (Å²) < 4.78 is 21.8. The Morgan fingerprint density at radius 1 is 1.00 bits per heavy atom. The fraction of sp³-hybridized carbons (Fsp3) is 0.148. The Labute approximate surface area is 206 Å². The molecule has 9 nitrogen and oxygen atoms in total. The van der Waals surface area contributed by atoms with Gasteiger partial charge in [0.25, 0.3) is 5.91 Å². The van der Waals surface area contributed by atoms with Crippen molar-refractivity contribution in [3.8, 4) is 23.0 Å². The van der Waals surface area contributed by atoms with E-state index in [1.165, 1.54) is 20.3 Å². The first-order valence-electron chi connectivity index (χ1n) is 10.9. The second-order valence-electron chi connectivity index (χ2n) is 7.75. The normalized spacial score (nSPS) is 13.9. The van der Waals surface area contributed by atoms with E-state index in [1.807, 2.05) is 0 Å². The molecule has 0 saturated heterocycles. The van der Waals surface area contributed by atoms with Gasteiger partial charge >= 0.3 is 5.97 Å². The third-order valence-corrected chi connectivity index (χ3v) is 5.40. The van der Waals surface area contributed by atoms with E-state index in [0.29, 0.717) is 28.2 Å². The van der Waals surface area contributed by atoms with Gasteiger partial charge in [-0.2, -0.15) is 0 Å². The summed E-state index contributed by atoms with van der Waals surface area (Å²) in [7, 11) is 3.06. The predicted octanol–water partition coefficient (Wildman–Crippen LogP) is 3.64. The molecule has 3 aromatic carbocycles. The molecule has 1 heterocycles. The number of methoxy groups -OCH3 is 2. The first kappa shape index (κ1) is 24.3. The van der Waals surface area contributed by atoms with Crippen LogP contribution in [0.2, 0.25) is 0 Å². The molecule has 0 aliphatic carbocycles. The van der Waals surface area contributed by atoms with Crippen molar-refractivity contribution in [3.05, 3.63) is 89.2 Å². The summed E-state index contributed by atoms with van der Waals surface area (Å²) in [4.78, 5) is 36.7. The van der Waals surface area contributed by atoms with Gasteiger partial charge in [0.15, 0.2) is 29.9 Å². The molecular formula is C27H23NO8. The number of carbonyl (C=O) groups excluding carboxylic acids is 2. The number of Topliss-reactive ketones (excluding diaryl/α,β-unsaturated/α-hetero) is 1. The Kier molecular flexibility index (Phi) is 7.20. The maximum absolute atomic E-state index is 12.8. The highest BCUT2D eigenvalue weighted by atomic mass is 16.5. The molecule has 3 aromatic rings. The molecule has 1 unspecified atom stereocenters. The lowest BCUT2D eigenvalue weighted by atomic mass is 10.1. The van der Waals surface area contributed by atoms with Crippen LogP contribution in [0.4, 0.5) is 0 Å². The number of carboxylic acids is 1. The zero-order valence-electron chi connectivity index (χ0n) is 19.5. The van der Waals surface area contributed by atoms with Crippen LogP contribution in [0.1, 0.15) is 27.5 Å². The Morgan fingerprint density at radius 2 is 1.75 bits per heavy atom. The minimum Gasteiger partial charge on any atom is -0.493 e. The van der Waals surface area contributed by atoms with Crippen molar-refractivity contribution in [1.82, 2.24) is 5.32 Å². The number of carbonyl (C=O) groups is 3. The molecule has 2 N–H and O–H groups in total. The Bertz CT molecular complexity index is 1330.